The second kappa shape index (κ2) is 6.67. The van der Waals surface area contributed by atoms with Crippen LogP contribution in [-0.2, 0) is 6.61 Å². The van der Waals surface area contributed by atoms with Crippen LogP contribution < -0.4 is 4.74 Å². The predicted molar refractivity (Wildman–Crippen MR) is 83.0 cm³/mol. The fraction of sp³-hybridized carbons (Fsp3) is 0.118. The Labute approximate surface area is 128 Å². The molecule has 0 aliphatic carbocycles. The molecule has 0 heterocycles. The summed E-state index contributed by atoms with van der Waals surface area (Å²) in [5, 5.41) is 11.0. The molecule has 0 aromatic heterocycles. The van der Waals surface area contributed by atoms with Crippen molar-refractivity contribution in [3.63, 3.8) is 0 Å². The molecule has 0 saturated carbocycles. The molecule has 5 heteroatoms. The number of ether oxygens (including phenoxy) is 1. The molecule has 0 saturated heterocycles. The summed E-state index contributed by atoms with van der Waals surface area (Å²) >= 11 is 0. The maximum absolute atomic E-state index is 12.0. The molecule has 0 amide bonds. The van der Waals surface area contributed by atoms with Gasteiger partial charge in [-0.3, -0.25) is 14.9 Å². The summed E-state index contributed by atoms with van der Waals surface area (Å²) in [5.74, 6) is -0.0593. The second-order valence-corrected chi connectivity index (χ2v) is 4.82. The van der Waals surface area contributed by atoms with Gasteiger partial charge in [0, 0.05) is 6.07 Å². The van der Waals surface area contributed by atoms with E-state index in [9.17, 15) is 14.9 Å². The highest BCUT2D eigenvalue weighted by molar-refractivity contribution is 6.10. The first kappa shape index (κ1) is 15.4. The lowest BCUT2D eigenvalue weighted by atomic mass is 10.0. The van der Waals surface area contributed by atoms with E-state index in [0.717, 1.165) is 5.56 Å². The number of ketones is 1. The van der Waals surface area contributed by atoms with Crippen molar-refractivity contribution in [3.05, 3.63) is 81.9 Å². The number of benzene rings is 2. The van der Waals surface area contributed by atoms with Crippen LogP contribution in [0.3, 0.4) is 0 Å². The Balaban J connectivity index is 2.26. The average molecular weight is 297 g/mol. The van der Waals surface area contributed by atoms with Crippen LogP contribution >= 0.6 is 0 Å². The highest BCUT2D eigenvalue weighted by Crippen LogP contribution is 2.26. The number of nitro groups is 1. The third-order valence-electron chi connectivity index (χ3n) is 3.05. The number of nitro benzene ring substituents is 1. The summed E-state index contributed by atoms with van der Waals surface area (Å²) in [6.45, 7) is 5.38. The molecule has 22 heavy (non-hydrogen) atoms. The Morgan fingerprint density at radius 3 is 2.50 bits per heavy atom. The van der Waals surface area contributed by atoms with Gasteiger partial charge in [-0.25, -0.2) is 0 Å². The number of Topliss-reactive ketones (excluding diaryl/α,β-unsaturated/α-hetero) is 1. The van der Waals surface area contributed by atoms with Crippen molar-refractivity contribution in [3.8, 4) is 5.75 Å². The summed E-state index contributed by atoms with van der Waals surface area (Å²) in [4.78, 5) is 22.5. The highest BCUT2D eigenvalue weighted by Gasteiger charge is 2.21. The van der Waals surface area contributed by atoms with Crippen molar-refractivity contribution in [1.82, 2.24) is 0 Å². The molecule has 0 aliphatic rings. The number of carbonyl (C=O) groups is 1. The molecule has 0 fully saturated rings. The van der Waals surface area contributed by atoms with Crippen molar-refractivity contribution in [1.29, 1.82) is 0 Å². The van der Waals surface area contributed by atoms with E-state index >= 15 is 0 Å². The van der Waals surface area contributed by atoms with Crippen molar-refractivity contribution >= 4 is 11.5 Å². The standard InChI is InChI=1S/C17H15NO4/c1-12(2)17(19)15-10-14(8-9-16(15)18(20)21)22-11-13-6-4-3-5-7-13/h3-10H,1,11H2,2H3. The number of hydrogen-bond acceptors (Lipinski definition) is 4. The molecule has 0 bridgehead atoms. The van der Waals surface area contributed by atoms with Gasteiger partial charge in [-0.05, 0) is 30.2 Å². The number of rotatable bonds is 6. The Morgan fingerprint density at radius 1 is 1.23 bits per heavy atom. The van der Waals surface area contributed by atoms with Crippen molar-refractivity contribution < 1.29 is 14.5 Å². The van der Waals surface area contributed by atoms with Gasteiger partial charge in [0.1, 0.15) is 17.9 Å². The monoisotopic (exact) mass is 297 g/mol. The third kappa shape index (κ3) is 3.58. The van der Waals surface area contributed by atoms with Gasteiger partial charge in [-0.15, -0.1) is 0 Å². The summed E-state index contributed by atoms with van der Waals surface area (Å²) in [5.41, 5.74) is 0.945. The second-order valence-electron chi connectivity index (χ2n) is 4.82. The summed E-state index contributed by atoms with van der Waals surface area (Å²) in [6.07, 6.45) is 0. The first-order valence-electron chi connectivity index (χ1n) is 6.64. The van der Waals surface area contributed by atoms with Crippen molar-refractivity contribution in [2.24, 2.45) is 0 Å². The number of hydrogen-bond donors (Lipinski definition) is 0. The minimum Gasteiger partial charge on any atom is -0.489 e. The zero-order chi connectivity index (χ0) is 16.1. The zero-order valence-electron chi connectivity index (χ0n) is 12.1. The molecule has 0 spiro atoms. The van der Waals surface area contributed by atoms with E-state index in [4.69, 9.17) is 4.74 Å². The van der Waals surface area contributed by atoms with E-state index in [-0.39, 0.29) is 16.8 Å². The number of nitrogens with zero attached hydrogens (tertiary/aromatic N) is 1. The van der Waals surface area contributed by atoms with Crippen molar-refractivity contribution in [2.75, 3.05) is 0 Å². The quantitative estimate of drug-likeness (QED) is 0.350. The van der Waals surface area contributed by atoms with Gasteiger partial charge < -0.3 is 4.74 Å². The summed E-state index contributed by atoms with van der Waals surface area (Å²) in [6, 6.07) is 13.6. The molecule has 2 aromatic rings. The van der Waals surface area contributed by atoms with Gasteiger partial charge in [0.05, 0.1) is 4.92 Å². The van der Waals surface area contributed by atoms with Gasteiger partial charge in [0.15, 0.2) is 5.78 Å². The first-order chi connectivity index (χ1) is 10.5. The average Bonchev–Trinajstić information content (AvgIpc) is 2.52. The third-order valence-corrected chi connectivity index (χ3v) is 3.05. The van der Waals surface area contributed by atoms with Crippen LogP contribution in [0.25, 0.3) is 0 Å². The van der Waals surface area contributed by atoms with Gasteiger partial charge >= 0.3 is 0 Å². The maximum atomic E-state index is 12.0. The largest absolute Gasteiger partial charge is 0.489 e. The van der Waals surface area contributed by atoms with E-state index in [0.29, 0.717) is 12.4 Å². The van der Waals surface area contributed by atoms with E-state index in [2.05, 4.69) is 6.58 Å². The van der Waals surface area contributed by atoms with Crippen molar-refractivity contribution in [2.45, 2.75) is 13.5 Å². The lowest BCUT2D eigenvalue weighted by Crippen LogP contribution is -2.05. The van der Waals surface area contributed by atoms with Gasteiger partial charge in [-0.1, -0.05) is 36.9 Å². The van der Waals surface area contributed by atoms with Crippen LogP contribution in [0.15, 0.2) is 60.7 Å². The molecule has 2 rings (SSSR count). The highest BCUT2D eigenvalue weighted by atomic mass is 16.6. The summed E-state index contributed by atoms with van der Waals surface area (Å²) < 4.78 is 5.59. The SMILES string of the molecule is C=C(C)C(=O)c1cc(OCc2ccccc2)ccc1[N+](=O)[O-]. The Hall–Kier alpha value is -2.95. The molecule has 5 nitrogen and oxygen atoms in total. The molecule has 0 unspecified atom stereocenters. The minimum atomic E-state index is -0.586. The fourth-order valence-electron chi connectivity index (χ4n) is 1.92. The Bertz CT molecular complexity index is 723. The molecule has 0 atom stereocenters. The van der Waals surface area contributed by atoms with Gasteiger partial charge in [0.25, 0.3) is 5.69 Å². The molecular formula is C17H15NO4. The van der Waals surface area contributed by atoms with Crippen LogP contribution in [0, 0.1) is 10.1 Å². The lowest BCUT2D eigenvalue weighted by molar-refractivity contribution is -0.385. The lowest BCUT2D eigenvalue weighted by Gasteiger charge is -2.08. The van der Waals surface area contributed by atoms with Crippen LogP contribution in [0.4, 0.5) is 5.69 Å². The van der Waals surface area contributed by atoms with E-state index in [1.807, 2.05) is 30.3 Å². The maximum Gasteiger partial charge on any atom is 0.280 e. The normalized spacial score (nSPS) is 10.0. The molecular weight excluding hydrogens is 282 g/mol. The fourth-order valence-corrected chi connectivity index (χ4v) is 1.92. The Morgan fingerprint density at radius 2 is 1.91 bits per heavy atom. The minimum absolute atomic E-state index is 0.0111. The number of carbonyl (C=O) groups excluding carboxylic acids is 1. The Kier molecular flexibility index (Phi) is 4.68. The molecule has 0 radical (unpaired) electrons. The van der Waals surface area contributed by atoms with E-state index < -0.39 is 10.7 Å². The van der Waals surface area contributed by atoms with E-state index in [1.54, 1.807) is 0 Å². The van der Waals surface area contributed by atoms with Crippen LogP contribution in [0.2, 0.25) is 0 Å². The van der Waals surface area contributed by atoms with E-state index in [1.165, 1.54) is 25.1 Å². The first-order valence-corrected chi connectivity index (χ1v) is 6.64. The topological polar surface area (TPSA) is 69.4 Å². The zero-order valence-corrected chi connectivity index (χ0v) is 12.1. The van der Waals surface area contributed by atoms with Gasteiger partial charge in [0.2, 0.25) is 0 Å². The van der Waals surface area contributed by atoms with Crippen LogP contribution in [0.5, 0.6) is 5.75 Å². The van der Waals surface area contributed by atoms with Crippen LogP contribution in [0.1, 0.15) is 22.8 Å². The molecule has 0 N–H and O–H groups in total. The molecule has 0 aliphatic heterocycles. The van der Waals surface area contributed by atoms with Gasteiger partial charge in [-0.2, -0.15) is 0 Å². The molecule has 2 aromatic carbocycles. The molecule has 112 valence electrons. The smallest absolute Gasteiger partial charge is 0.280 e. The predicted octanol–water partition coefficient (Wildman–Crippen LogP) is 3.93. The van der Waals surface area contributed by atoms with Crippen LogP contribution in [-0.4, -0.2) is 10.7 Å². The summed E-state index contributed by atoms with van der Waals surface area (Å²) in [7, 11) is 0. The number of allylic oxidation sites excluding steroid dienone is 1.